The van der Waals surface area contributed by atoms with E-state index in [4.69, 9.17) is 10.5 Å². The SMILES string of the molecule is NCCCOc1ncc(Br)cc1Br. The topological polar surface area (TPSA) is 48.1 Å². The predicted molar refractivity (Wildman–Crippen MR) is 58.8 cm³/mol. The van der Waals surface area contributed by atoms with E-state index in [0.717, 1.165) is 15.4 Å². The van der Waals surface area contributed by atoms with Gasteiger partial charge in [-0.1, -0.05) is 0 Å². The highest BCUT2D eigenvalue weighted by molar-refractivity contribution is 9.11. The van der Waals surface area contributed by atoms with Crippen molar-refractivity contribution in [1.82, 2.24) is 4.98 Å². The molecule has 0 fully saturated rings. The molecule has 0 amide bonds. The highest BCUT2D eigenvalue weighted by Gasteiger charge is 2.02. The van der Waals surface area contributed by atoms with Crippen molar-refractivity contribution in [2.75, 3.05) is 13.2 Å². The van der Waals surface area contributed by atoms with Gasteiger partial charge in [0.1, 0.15) is 0 Å². The molecule has 0 saturated heterocycles. The lowest BCUT2D eigenvalue weighted by Crippen LogP contribution is -2.07. The summed E-state index contributed by atoms with van der Waals surface area (Å²) in [4.78, 5) is 4.09. The summed E-state index contributed by atoms with van der Waals surface area (Å²) in [5.41, 5.74) is 5.34. The Hall–Kier alpha value is -0.130. The minimum absolute atomic E-state index is 0.601. The number of nitrogens with zero attached hydrogens (tertiary/aromatic N) is 1. The molecule has 1 rings (SSSR count). The first-order valence-electron chi connectivity index (χ1n) is 3.88. The minimum atomic E-state index is 0.601. The van der Waals surface area contributed by atoms with Gasteiger partial charge in [-0.3, -0.25) is 0 Å². The predicted octanol–water partition coefficient (Wildman–Crippen LogP) is 2.33. The van der Waals surface area contributed by atoms with Crippen LogP contribution in [0.25, 0.3) is 0 Å². The molecule has 0 saturated carbocycles. The van der Waals surface area contributed by atoms with Gasteiger partial charge in [-0.25, -0.2) is 4.98 Å². The number of hydrogen-bond acceptors (Lipinski definition) is 3. The lowest BCUT2D eigenvalue weighted by atomic mass is 10.4. The number of pyridine rings is 1. The fourth-order valence-corrected chi connectivity index (χ4v) is 1.86. The van der Waals surface area contributed by atoms with Crippen molar-refractivity contribution < 1.29 is 4.74 Å². The highest BCUT2D eigenvalue weighted by atomic mass is 79.9. The molecule has 0 aliphatic heterocycles. The van der Waals surface area contributed by atoms with Crippen molar-refractivity contribution in [1.29, 1.82) is 0 Å². The summed E-state index contributed by atoms with van der Waals surface area (Å²) in [6.45, 7) is 1.23. The van der Waals surface area contributed by atoms with E-state index >= 15 is 0 Å². The van der Waals surface area contributed by atoms with E-state index in [1.165, 1.54) is 0 Å². The fourth-order valence-electron chi connectivity index (χ4n) is 0.760. The number of nitrogens with two attached hydrogens (primary N) is 1. The lowest BCUT2D eigenvalue weighted by Gasteiger charge is -2.05. The Morgan fingerprint density at radius 1 is 1.46 bits per heavy atom. The number of hydrogen-bond donors (Lipinski definition) is 1. The van der Waals surface area contributed by atoms with Gasteiger partial charge >= 0.3 is 0 Å². The van der Waals surface area contributed by atoms with Gasteiger partial charge in [0.25, 0.3) is 0 Å². The molecule has 72 valence electrons. The third-order valence-electron chi connectivity index (χ3n) is 1.36. The quantitative estimate of drug-likeness (QED) is 0.868. The van der Waals surface area contributed by atoms with Gasteiger partial charge in [0, 0.05) is 10.7 Å². The van der Waals surface area contributed by atoms with Gasteiger partial charge < -0.3 is 10.5 Å². The highest BCUT2D eigenvalue weighted by Crippen LogP contribution is 2.25. The number of rotatable bonds is 4. The minimum Gasteiger partial charge on any atom is -0.477 e. The van der Waals surface area contributed by atoms with Crippen molar-refractivity contribution in [3.8, 4) is 5.88 Å². The third kappa shape index (κ3) is 3.62. The Kier molecular flexibility index (Phi) is 4.69. The second-order valence-corrected chi connectivity index (χ2v) is 4.20. The molecule has 0 bridgehead atoms. The summed E-state index contributed by atoms with van der Waals surface area (Å²) in [5.74, 6) is 0.608. The maximum absolute atomic E-state index is 5.37. The van der Waals surface area contributed by atoms with Crippen LogP contribution >= 0.6 is 31.9 Å². The molecule has 0 aliphatic rings. The van der Waals surface area contributed by atoms with Gasteiger partial charge in [0.05, 0.1) is 11.1 Å². The average molecular weight is 310 g/mol. The summed E-state index contributed by atoms with van der Waals surface area (Å²) in [7, 11) is 0. The van der Waals surface area contributed by atoms with Gasteiger partial charge in [0.2, 0.25) is 5.88 Å². The zero-order valence-electron chi connectivity index (χ0n) is 6.96. The van der Waals surface area contributed by atoms with Crippen molar-refractivity contribution in [2.45, 2.75) is 6.42 Å². The van der Waals surface area contributed by atoms with Crippen LogP contribution in [0.2, 0.25) is 0 Å². The molecule has 0 atom stereocenters. The van der Waals surface area contributed by atoms with E-state index in [1.54, 1.807) is 6.20 Å². The Morgan fingerprint density at radius 3 is 2.85 bits per heavy atom. The number of halogens is 2. The molecular formula is C8H10Br2N2O. The van der Waals surface area contributed by atoms with Crippen LogP contribution in [0.4, 0.5) is 0 Å². The summed E-state index contributed by atoms with van der Waals surface area (Å²) in [6, 6.07) is 1.89. The molecule has 1 aromatic heterocycles. The maximum atomic E-state index is 5.37. The molecule has 0 spiro atoms. The molecule has 2 N–H and O–H groups in total. The normalized spacial score (nSPS) is 10.1. The van der Waals surface area contributed by atoms with E-state index in [2.05, 4.69) is 36.8 Å². The first-order valence-corrected chi connectivity index (χ1v) is 5.46. The molecule has 1 heterocycles. The summed E-state index contributed by atoms with van der Waals surface area (Å²) in [6.07, 6.45) is 2.53. The second kappa shape index (κ2) is 5.57. The molecular weight excluding hydrogens is 300 g/mol. The number of ether oxygens (including phenoxy) is 1. The first-order chi connectivity index (χ1) is 6.24. The zero-order chi connectivity index (χ0) is 9.68. The van der Waals surface area contributed by atoms with Crippen molar-refractivity contribution in [3.63, 3.8) is 0 Å². The Bertz CT molecular complexity index is 281. The Morgan fingerprint density at radius 2 is 2.23 bits per heavy atom. The van der Waals surface area contributed by atoms with Crippen LogP contribution in [0.1, 0.15) is 6.42 Å². The monoisotopic (exact) mass is 308 g/mol. The molecule has 0 aromatic carbocycles. The molecule has 3 nitrogen and oxygen atoms in total. The lowest BCUT2D eigenvalue weighted by molar-refractivity contribution is 0.299. The Balaban J connectivity index is 2.56. The smallest absolute Gasteiger partial charge is 0.228 e. The van der Waals surface area contributed by atoms with Crippen molar-refractivity contribution in [3.05, 3.63) is 21.2 Å². The van der Waals surface area contributed by atoms with E-state index in [1.807, 2.05) is 6.07 Å². The van der Waals surface area contributed by atoms with Gasteiger partial charge in [0.15, 0.2) is 0 Å². The van der Waals surface area contributed by atoms with Gasteiger partial charge in [-0.2, -0.15) is 0 Å². The zero-order valence-corrected chi connectivity index (χ0v) is 10.1. The average Bonchev–Trinajstić information content (AvgIpc) is 2.09. The van der Waals surface area contributed by atoms with Crippen LogP contribution in [0.5, 0.6) is 5.88 Å². The van der Waals surface area contributed by atoms with Crippen molar-refractivity contribution >= 4 is 31.9 Å². The molecule has 5 heteroatoms. The van der Waals surface area contributed by atoms with Crippen LogP contribution < -0.4 is 10.5 Å². The molecule has 0 unspecified atom stereocenters. The maximum Gasteiger partial charge on any atom is 0.228 e. The molecule has 0 aliphatic carbocycles. The first kappa shape index (κ1) is 10.9. The summed E-state index contributed by atoms with van der Waals surface area (Å²) < 4.78 is 7.14. The second-order valence-electron chi connectivity index (χ2n) is 2.43. The van der Waals surface area contributed by atoms with E-state index in [-0.39, 0.29) is 0 Å². The number of aromatic nitrogens is 1. The summed E-state index contributed by atoms with van der Waals surface area (Å²) >= 11 is 6.66. The van der Waals surface area contributed by atoms with Crippen molar-refractivity contribution in [2.24, 2.45) is 5.73 Å². The van der Waals surface area contributed by atoms with E-state index in [9.17, 15) is 0 Å². The van der Waals surface area contributed by atoms with Crippen LogP contribution in [0.3, 0.4) is 0 Å². The van der Waals surface area contributed by atoms with Crippen LogP contribution in [0.15, 0.2) is 21.2 Å². The van der Waals surface area contributed by atoms with E-state index < -0.39 is 0 Å². The molecule has 1 aromatic rings. The molecule has 0 radical (unpaired) electrons. The van der Waals surface area contributed by atoms with Crippen LogP contribution in [-0.4, -0.2) is 18.1 Å². The summed E-state index contributed by atoms with van der Waals surface area (Å²) in [5, 5.41) is 0. The van der Waals surface area contributed by atoms with Gasteiger partial charge in [-0.05, 0) is 50.9 Å². The van der Waals surface area contributed by atoms with E-state index in [0.29, 0.717) is 19.0 Å². The largest absolute Gasteiger partial charge is 0.477 e. The van der Waals surface area contributed by atoms with Crippen LogP contribution in [-0.2, 0) is 0 Å². The fraction of sp³-hybridized carbons (Fsp3) is 0.375. The standard InChI is InChI=1S/C8H10Br2N2O/c9-6-4-7(10)8(12-5-6)13-3-1-2-11/h4-5H,1-3,11H2. The van der Waals surface area contributed by atoms with Gasteiger partial charge in [-0.15, -0.1) is 0 Å². The van der Waals surface area contributed by atoms with Crippen LogP contribution in [0, 0.1) is 0 Å². The molecule has 13 heavy (non-hydrogen) atoms. The Labute approximate surface area is 93.9 Å². The third-order valence-corrected chi connectivity index (χ3v) is 2.36.